The van der Waals surface area contributed by atoms with Crippen molar-refractivity contribution in [2.45, 2.75) is 19.3 Å². The van der Waals surface area contributed by atoms with Crippen LogP contribution in [0.25, 0.3) is 0 Å². The van der Waals surface area contributed by atoms with Crippen LogP contribution >= 0.6 is 0 Å². The molecular weight excluding hydrogens is 252 g/mol. The Labute approximate surface area is 111 Å². The molecule has 0 aliphatic rings. The van der Waals surface area contributed by atoms with Gasteiger partial charge in [0.2, 0.25) is 0 Å². The summed E-state index contributed by atoms with van der Waals surface area (Å²) >= 11 is 0. The van der Waals surface area contributed by atoms with Crippen molar-refractivity contribution < 1.29 is 19.1 Å². The van der Waals surface area contributed by atoms with Gasteiger partial charge < -0.3 is 19.5 Å². The van der Waals surface area contributed by atoms with Gasteiger partial charge in [-0.3, -0.25) is 10.1 Å². The Balaban J connectivity index is 2.97. The van der Waals surface area contributed by atoms with Crippen molar-refractivity contribution in [3.63, 3.8) is 0 Å². The second kappa shape index (κ2) is 6.91. The molecule has 7 heteroatoms. The van der Waals surface area contributed by atoms with Crippen LogP contribution in [-0.4, -0.2) is 38.6 Å². The summed E-state index contributed by atoms with van der Waals surface area (Å²) < 4.78 is 15.4. The number of methoxy groups -OCH3 is 3. The van der Waals surface area contributed by atoms with E-state index in [0.29, 0.717) is 11.4 Å². The molecule has 106 valence electrons. The van der Waals surface area contributed by atoms with Gasteiger partial charge in [0, 0.05) is 26.4 Å². The zero-order valence-electron chi connectivity index (χ0n) is 11.4. The number of hydrogen-bond donors (Lipinski definition) is 1. The molecule has 0 aliphatic heterocycles. The molecule has 0 aliphatic carbocycles. The molecule has 1 N–H and O–H groups in total. The maximum Gasteiger partial charge on any atom is 0.271 e. The van der Waals surface area contributed by atoms with Crippen LogP contribution in [0.1, 0.15) is 6.92 Å². The number of nitro groups is 1. The molecule has 0 saturated heterocycles. The summed E-state index contributed by atoms with van der Waals surface area (Å²) in [4.78, 5) is 10.3. The minimum absolute atomic E-state index is 0.0121. The van der Waals surface area contributed by atoms with E-state index >= 15 is 0 Å². The molecule has 0 amide bonds. The summed E-state index contributed by atoms with van der Waals surface area (Å²) in [5.41, 5.74) is 0.505. The fourth-order valence-electron chi connectivity index (χ4n) is 1.74. The first-order chi connectivity index (χ1) is 9.03. The Bertz CT molecular complexity index is 434. The standard InChI is InChI=1S/C12H18N2O5/c1-8(12(18-3)19-4)13-10-7-9(14(15)16)5-6-11(10)17-2/h5-8,12-13H,1-4H3. The Kier molecular flexibility index (Phi) is 5.53. The third kappa shape index (κ3) is 3.80. The molecule has 0 saturated carbocycles. The van der Waals surface area contributed by atoms with Crippen molar-refractivity contribution in [1.29, 1.82) is 0 Å². The Morgan fingerprint density at radius 2 is 1.89 bits per heavy atom. The fourth-order valence-corrected chi connectivity index (χ4v) is 1.74. The number of non-ortho nitro benzene ring substituents is 1. The molecular formula is C12H18N2O5. The van der Waals surface area contributed by atoms with Crippen LogP contribution < -0.4 is 10.1 Å². The molecule has 1 aromatic rings. The highest BCUT2D eigenvalue weighted by atomic mass is 16.7. The SMILES string of the molecule is COc1ccc([N+](=O)[O-])cc1NC(C)C(OC)OC. The van der Waals surface area contributed by atoms with E-state index in [1.54, 1.807) is 6.07 Å². The Hall–Kier alpha value is -1.86. The van der Waals surface area contributed by atoms with Crippen LogP contribution in [0.5, 0.6) is 5.75 Å². The molecule has 0 aromatic heterocycles. The van der Waals surface area contributed by atoms with Gasteiger partial charge in [-0.15, -0.1) is 0 Å². The summed E-state index contributed by atoms with van der Waals surface area (Å²) in [5.74, 6) is 0.517. The maximum atomic E-state index is 10.8. The second-order valence-corrected chi connectivity index (χ2v) is 3.91. The van der Waals surface area contributed by atoms with Crippen molar-refractivity contribution in [1.82, 2.24) is 0 Å². The molecule has 7 nitrogen and oxygen atoms in total. The van der Waals surface area contributed by atoms with Gasteiger partial charge in [0.15, 0.2) is 6.29 Å². The monoisotopic (exact) mass is 270 g/mol. The summed E-state index contributed by atoms with van der Waals surface area (Å²) in [6.45, 7) is 1.84. The predicted octanol–water partition coefficient (Wildman–Crippen LogP) is 2.02. The van der Waals surface area contributed by atoms with Gasteiger partial charge in [-0.1, -0.05) is 0 Å². The third-order valence-corrected chi connectivity index (χ3v) is 2.65. The van der Waals surface area contributed by atoms with Gasteiger partial charge in [-0.05, 0) is 13.0 Å². The van der Waals surface area contributed by atoms with Gasteiger partial charge in [-0.25, -0.2) is 0 Å². The Morgan fingerprint density at radius 3 is 2.37 bits per heavy atom. The first-order valence-electron chi connectivity index (χ1n) is 5.68. The van der Waals surface area contributed by atoms with E-state index in [9.17, 15) is 10.1 Å². The molecule has 1 rings (SSSR count). The van der Waals surface area contributed by atoms with Gasteiger partial charge in [0.05, 0.1) is 23.8 Å². The molecule has 0 radical (unpaired) electrons. The molecule has 0 fully saturated rings. The van der Waals surface area contributed by atoms with Crippen LogP contribution in [0.4, 0.5) is 11.4 Å². The molecule has 19 heavy (non-hydrogen) atoms. The van der Waals surface area contributed by atoms with E-state index < -0.39 is 11.2 Å². The van der Waals surface area contributed by atoms with Gasteiger partial charge in [0.25, 0.3) is 5.69 Å². The van der Waals surface area contributed by atoms with E-state index in [2.05, 4.69) is 5.32 Å². The Morgan fingerprint density at radius 1 is 1.26 bits per heavy atom. The van der Waals surface area contributed by atoms with E-state index in [1.807, 2.05) is 6.92 Å². The lowest BCUT2D eigenvalue weighted by Crippen LogP contribution is -2.33. The van der Waals surface area contributed by atoms with Crippen LogP contribution in [0.3, 0.4) is 0 Å². The average Bonchev–Trinajstić information content (AvgIpc) is 2.39. The van der Waals surface area contributed by atoms with Gasteiger partial charge in [-0.2, -0.15) is 0 Å². The third-order valence-electron chi connectivity index (χ3n) is 2.65. The van der Waals surface area contributed by atoms with Gasteiger partial charge in [0.1, 0.15) is 5.75 Å². The van der Waals surface area contributed by atoms with Crippen molar-refractivity contribution in [2.75, 3.05) is 26.6 Å². The first kappa shape index (κ1) is 15.2. The number of ether oxygens (including phenoxy) is 3. The van der Waals surface area contributed by atoms with Crippen LogP contribution in [-0.2, 0) is 9.47 Å². The minimum atomic E-state index is -0.469. The largest absolute Gasteiger partial charge is 0.495 e. The number of benzene rings is 1. The lowest BCUT2D eigenvalue weighted by molar-refractivity contribution is -0.384. The number of anilines is 1. The van der Waals surface area contributed by atoms with Crippen molar-refractivity contribution in [2.24, 2.45) is 0 Å². The first-order valence-corrected chi connectivity index (χ1v) is 5.68. The highest BCUT2D eigenvalue weighted by molar-refractivity contribution is 5.62. The number of rotatable bonds is 7. The molecule has 1 aromatic carbocycles. The molecule has 1 unspecified atom stereocenters. The lowest BCUT2D eigenvalue weighted by Gasteiger charge is -2.23. The van der Waals surface area contributed by atoms with Gasteiger partial charge >= 0.3 is 0 Å². The lowest BCUT2D eigenvalue weighted by atomic mass is 10.2. The summed E-state index contributed by atoms with van der Waals surface area (Å²) in [7, 11) is 4.55. The zero-order valence-corrected chi connectivity index (χ0v) is 11.4. The van der Waals surface area contributed by atoms with E-state index in [1.165, 1.54) is 33.5 Å². The highest BCUT2D eigenvalue weighted by Gasteiger charge is 2.19. The van der Waals surface area contributed by atoms with Crippen LogP contribution in [0.2, 0.25) is 0 Å². The molecule has 1 atom stereocenters. The smallest absolute Gasteiger partial charge is 0.271 e. The van der Waals surface area contributed by atoms with Crippen molar-refractivity contribution in [3.05, 3.63) is 28.3 Å². The van der Waals surface area contributed by atoms with E-state index in [0.717, 1.165) is 0 Å². The minimum Gasteiger partial charge on any atom is -0.495 e. The molecule has 0 bridgehead atoms. The fraction of sp³-hybridized carbons (Fsp3) is 0.500. The number of nitrogens with zero attached hydrogens (tertiary/aromatic N) is 1. The summed E-state index contributed by atoms with van der Waals surface area (Å²) in [6.07, 6.45) is -0.469. The maximum absolute atomic E-state index is 10.8. The summed E-state index contributed by atoms with van der Waals surface area (Å²) in [5, 5.41) is 13.9. The van der Waals surface area contributed by atoms with Crippen LogP contribution in [0.15, 0.2) is 18.2 Å². The molecule has 0 spiro atoms. The summed E-state index contributed by atoms with van der Waals surface area (Å²) in [6, 6.07) is 4.14. The number of nitrogens with one attached hydrogen (secondary N) is 1. The van der Waals surface area contributed by atoms with Crippen molar-refractivity contribution in [3.8, 4) is 5.75 Å². The van der Waals surface area contributed by atoms with Crippen molar-refractivity contribution >= 4 is 11.4 Å². The highest BCUT2D eigenvalue weighted by Crippen LogP contribution is 2.29. The zero-order chi connectivity index (χ0) is 14.4. The quantitative estimate of drug-likeness (QED) is 0.463. The number of nitro benzene ring substituents is 1. The number of hydrogen-bond acceptors (Lipinski definition) is 6. The second-order valence-electron chi connectivity index (χ2n) is 3.91. The van der Waals surface area contributed by atoms with E-state index in [4.69, 9.17) is 14.2 Å². The predicted molar refractivity (Wildman–Crippen MR) is 70.5 cm³/mol. The topological polar surface area (TPSA) is 82.9 Å². The van der Waals surface area contributed by atoms with Crippen LogP contribution in [0, 0.1) is 10.1 Å². The average molecular weight is 270 g/mol. The van der Waals surface area contributed by atoms with E-state index in [-0.39, 0.29) is 11.7 Å². The normalized spacial score (nSPS) is 12.3. The molecule has 0 heterocycles.